The van der Waals surface area contributed by atoms with Crippen LogP contribution in [-0.4, -0.2) is 17.9 Å². The average molecular weight is 319 g/mol. The largest absolute Gasteiger partial charge is 0.374 e. The van der Waals surface area contributed by atoms with Gasteiger partial charge >= 0.3 is 0 Å². The third-order valence-electron chi connectivity index (χ3n) is 3.13. The summed E-state index contributed by atoms with van der Waals surface area (Å²) in [7, 11) is 0. The van der Waals surface area contributed by atoms with Gasteiger partial charge < -0.3 is 16.4 Å². The number of nitrogens with one attached hydrogen (secondary N) is 2. The van der Waals surface area contributed by atoms with Crippen LogP contribution in [0.15, 0.2) is 42.5 Å². The van der Waals surface area contributed by atoms with Crippen molar-refractivity contribution in [2.45, 2.75) is 13.0 Å². The van der Waals surface area contributed by atoms with E-state index in [0.29, 0.717) is 11.3 Å². The Morgan fingerprint density at radius 1 is 1.00 bits per heavy atom. The van der Waals surface area contributed by atoms with Crippen LogP contribution in [0.1, 0.15) is 17.3 Å². The van der Waals surface area contributed by atoms with Crippen molar-refractivity contribution in [1.29, 1.82) is 0 Å². The maximum Gasteiger partial charge on any atom is 0.248 e. The van der Waals surface area contributed by atoms with Gasteiger partial charge in [-0.15, -0.1) is 0 Å². The van der Waals surface area contributed by atoms with Crippen molar-refractivity contribution in [3.8, 4) is 0 Å². The zero-order valence-electron chi connectivity index (χ0n) is 12.3. The Balaban J connectivity index is 1.99. The second-order valence-corrected chi connectivity index (χ2v) is 4.93. The molecule has 1 unspecified atom stereocenters. The van der Waals surface area contributed by atoms with Crippen LogP contribution in [-0.2, 0) is 4.79 Å². The molecule has 2 rings (SSSR count). The van der Waals surface area contributed by atoms with Crippen molar-refractivity contribution in [2.75, 3.05) is 10.6 Å². The number of carbonyl (C=O) groups is 2. The summed E-state index contributed by atoms with van der Waals surface area (Å²) >= 11 is 0. The molecule has 23 heavy (non-hydrogen) atoms. The van der Waals surface area contributed by atoms with E-state index in [2.05, 4.69) is 10.6 Å². The van der Waals surface area contributed by atoms with Gasteiger partial charge in [-0.2, -0.15) is 0 Å². The standard InChI is InChI=1S/C16H15F2N3O2/c1-9(20-12-6-7-13(17)14(18)8-12)16(23)21-11-4-2-10(3-5-11)15(19)22/h2-9,20H,1H3,(H2,19,22)(H,21,23). The molecule has 1 atom stereocenters. The van der Waals surface area contributed by atoms with Crippen LogP contribution >= 0.6 is 0 Å². The second kappa shape index (κ2) is 6.87. The molecule has 0 heterocycles. The van der Waals surface area contributed by atoms with Gasteiger partial charge in [-0.25, -0.2) is 8.78 Å². The van der Waals surface area contributed by atoms with Crippen LogP contribution < -0.4 is 16.4 Å². The third kappa shape index (κ3) is 4.26. The lowest BCUT2D eigenvalue weighted by Gasteiger charge is -2.15. The van der Waals surface area contributed by atoms with Crippen LogP contribution in [0.2, 0.25) is 0 Å². The van der Waals surface area contributed by atoms with Crippen molar-refractivity contribution >= 4 is 23.2 Å². The Kier molecular flexibility index (Phi) is 4.90. The number of halogens is 2. The van der Waals surface area contributed by atoms with E-state index in [9.17, 15) is 18.4 Å². The second-order valence-electron chi connectivity index (χ2n) is 4.93. The Labute approximate surface area is 131 Å². The van der Waals surface area contributed by atoms with E-state index in [-0.39, 0.29) is 11.6 Å². The van der Waals surface area contributed by atoms with E-state index in [1.54, 1.807) is 19.1 Å². The van der Waals surface area contributed by atoms with Crippen molar-refractivity contribution in [3.05, 3.63) is 59.7 Å². The summed E-state index contributed by atoms with van der Waals surface area (Å²) in [5, 5.41) is 5.40. The fourth-order valence-electron chi connectivity index (χ4n) is 1.87. The molecule has 0 aliphatic rings. The van der Waals surface area contributed by atoms with Gasteiger partial charge in [0.25, 0.3) is 0 Å². The minimum atomic E-state index is -0.996. The van der Waals surface area contributed by atoms with Crippen LogP contribution in [0, 0.1) is 11.6 Å². The van der Waals surface area contributed by atoms with Gasteiger partial charge in [0.05, 0.1) is 0 Å². The van der Waals surface area contributed by atoms with E-state index in [0.717, 1.165) is 12.1 Å². The van der Waals surface area contributed by atoms with Crippen molar-refractivity contribution < 1.29 is 18.4 Å². The number of benzene rings is 2. The highest BCUT2D eigenvalue weighted by atomic mass is 19.2. The smallest absolute Gasteiger partial charge is 0.248 e. The fourth-order valence-corrected chi connectivity index (χ4v) is 1.87. The van der Waals surface area contributed by atoms with Gasteiger partial charge in [0.2, 0.25) is 11.8 Å². The molecule has 0 fully saturated rings. The van der Waals surface area contributed by atoms with Crippen molar-refractivity contribution in [3.63, 3.8) is 0 Å². The van der Waals surface area contributed by atoms with Gasteiger partial charge in [0.15, 0.2) is 11.6 Å². The summed E-state index contributed by atoms with van der Waals surface area (Å²) in [6, 6.07) is 8.67. The number of hydrogen-bond donors (Lipinski definition) is 3. The van der Waals surface area contributed by atoms with Crippen LogP contribution in [0.4, 0.5) is 20.2 Å². The fraction of sp³-hybridized carbons (Fsp3) is 0.125. The minimum absolute atomic E-state index is 0.288. The number of nitrogens with two attached hydrogens (primary N) is 1. The van der Waals surface area contributed by atoms with Gasteiger partial charge in [0, 0.05) is 23.0 Å². The zero-order valence-corrected chi connectivity index (χ0v) is 12.3. The summed E-state index contributed by atoms with van der Waals surface area (Å²) < 4.78 is 26.0. The highest BCUT2D eigenvalue weighted by molar-refractivity contribution is 5.97. The van der Waals surface area contributed by atoms with Crippen molar-refractivity contribution in [2.24, 2.45) is 5.73 Å². The molecule has 2 aromatic carbocycles. The van der Waals surface area contributed by atoms with E-state index in [4.69, 9.17) is 5.73 Å². The topological polar surface area (TPSA) is 84.2 Å². The average Bonchev–Trinajstić information content (AvgIpc) is 2.51. The highest BCUT2D eigenvalue weighted by Gasteiger charge is 2.14. The van der Waals surface area contributed by atoms with Gasteiger partial charge in [-0.1, -0.05) is 0 Å². The molecule has 0 spiro atoms. The SMILES string of the molecule is CC(Nc1ccc(F)c(F)c1)C(=O)Nc1ccc(C(N)=O)cc1. The van der Waals surface area contributed by atoms with Crippen molar-refractivity contribution in [1.82, 2.24) is 0 Å². The number of carbonyl (C=O) groups excluding carboxylic acids is 2. The molecule has 2 aromatic rings. The lowest BCUT2D eigenvalue weighted by Crippen LogP contribution is -2.31. The Morgan fingerprint density at radius 3 is 2.17 bits per heavy atom. The van der Waals surface area contributed by atoms with E-state index in [1.165, 1.54) is 18.2 Å². The first-order chi connectivity index (χ1) is 10.9. The van der Waals surface area contributed by atoms with E-state index in [1.807, 2.05) is 0 Å². The predicted octanol–water partition coefficient (Wildman–Crippen LogP) is 2.50. The molecule has 0 saturated carbocycles. The molecule has 0 saturated heterocycles. The molecular weight excluding hydrogens is 304 g/mol. The molecule has 120 valence electrons. The minimum Gasteiger partial charge on any atom is -0.374 e. The Bertz CT molecular complexity index is 733. The zero-order chi connectivity index (χ0) is 17.0. The number of rotatable bonds is 5. The van der Waals surface area contributed by atoms with E-state index >= 15 is 0 Å². The summed E-state index contributed by atoms with van der Waals surface area (Å²) in [6.07, 6.45) is 0. The first kappa shape index (κ1) is 16.4. The van der Waals surface area contributed by atoms with Crippen LogP contribution in [0.25, 0.3) is 0 Å². The normalized spacial score (nSPS) is 11.6. The first-order valence-corrected chi connectivity index (χ1v) is 6.79. The monoisotopic (exact) mass is 319 g/mol. The number of primary amides is 1. The molecule has 0 bridgehead atoms. The highest BCUT2D eigenvalue weighted by Crippen LogP contribution is 2.15. The molecule has 5 nitrogen and oxygen atoms in total. The first-order valence-electron chi connectivity index (χ1n) is 6.79. The van der Waals surface area contributed by atoms with Crippen LogP contribution in [0.3, 0.4) is 0 Å². The molecule has 0 radical (unpaired) electrons. The molecule has 0 aliphatic heterocycles. The summed E-state index contributed by atoms with van der Waals surface area (Å²) in [4.78, 5) is 23.0. The summed E-state index contributed by atoms with van der Waals surface area (Å²) in [5.74, 6) is -2.88. The maximum absolute atomic E-state index is 13.1. The van der Waals surface area contributed by atoms with Crippen LogP contribution in [0.5, 0.6) is 0 Å². The quantitative estimate of drug-likeness (QED) is 0.791. The molecule has 2 amide bonds. The summed E-state index contributed by atoms with van der Waals surface area (Å²) in [6.45, 7) is 1.58. The Morgan fingerprint density at radius 2 is 1.61 bits per heavy atom. The third-order valence-corrected chi connectivity index (χ3v) is 3.13. The predicted molar refractivity (Wildman–Crippen MR) is 83.0 cm³/mol. The van der Waals surface area contributed by atoms with Gasteiger partial charge in [-0.3, -0.25) is 9.59 Å². The molecule has 0 aromatic heterocycles. The molecule has 4 N–H and O–H groups in total. The Hall–Kier alpha value is -2.96. The molecular formula is C16H15F2N3O2. The van der Waals surface area contributed by atoms with Gasteiger partial charge in [-0.05, 0) is 43.3 Å². The summed E-state index contributed by atoms with van der Waals surface area (Å²) in [5.41, 5.74) is 6.23. The molecule has 7 heteroatoms. The number of amides is 2. The maximum atomic E-state index is 13.1. The van der Waals surface area contributed by atoms with E-state index < -0.39 is 23.6 Å². The lowest BCUT2D eigenvalue weighted by molar-refractivity contribution is -0.116. The van der Waals surface area contributed by atoms with Gasteiger partial charge in [0.1, 0.15) is 6.04 Å². The lowest BCUT2D eigenvalue weighted by atomic mass is 10.2. The number of hydrogen-bond acceptors (Lipinski definition) is 3. The number of anilines is 2. The molecule has 0 aliphatic carbocycles.